The maximum atomic E-state index is 12.3. The Balaban J connectivity index is 1.60. The van der Waals surface area contributed by atoms with E-state index in [0.717, 1.165) is 28.9 Å². The van der Waals surface area contributed by atoms with Crippen molar-refractivity contribution in [2.75, 3.05) is 32.1 Å². The van der Waals surface area contributed by atoms with Crippen LogP contribution in [0.3, 0.4) is 0 Å². The van der Waals surface area contributed by atoms with Gasteiger partial charge in [-0.1, -0.05) is 24.3 Å². The predicted octanol–water partition coefficient (Wildman–Crippen LogP) is 3.11. The molecule has 0 aliphatic carbocycles. The van der Waals surface area contributed by atoms with Crippen molar-refractivity contribution in [2.45, 2.75) is 0 Å². The summed E-state index contributed by atoms with van der Waals surface area (Å²) < 4.78 is 5.20. The van der Waals surface area contributed by atoms with Gasteiger partial charge in [-0.05, 0) is 36.4 Å². The second kappa shape index (κ2) is 7.66. The van der Waals surface area contributed by atoms with Crippen LogP contribution in [0.25, 0.3) is 10.9 Å². The maximum absolute atomic E-state index is 12.3. The summed E-state index contributed by atoms with van der Waals surface area (Å²) in [6, 6.07) is 19.3. The van der Waals surface area contributed by atoms with Gasteiger partial charge in [0.1, 0.15) is 11.4 Å². The van der Waals surface area contributed by atoms with Crippen LogP contribution in [0.5, 0.6) is 5.75 Å². The monoisotopic (exact) mass is 335 g/mol. The molecule has 1 heterocycles. The van der Waals surface area contributed by atoms with Crippen molar-refractivity contribution in [3.63, 3.8) is 0 Å². The maximum Gasteiger partial charge on any atom is 0.269 e. The number of hydrogen-bond acceptors (Lipinski definition) is 4. The van der Waals surface area contributed by atoms with Gasteiger partial charge in [0, 0.05) is 31.2 Å². The Morgan fingerprint density at radius 1 is 1.12 bits per heavy atom. The van der Waals surface area contributed by atoms with Gasteiger partial charge in [0.2, 0.25) is 0 Å². The smallest absolute Gasteiger partial charge is 0.269 e. The minimum Gasteiger partial charge on any atom is -0.497 e. The van der Waals surface area contributed by atoms with Crippen LogP contribution >= 0.6 is 0 Å². The van der Waals surface area contributed by atoms with Gasteiger partial charge >= 0.3 is 0 Å². The van der Waals surface area contributed by atoms with E-state index >= 15 is 0 Å². The number of fused-ring (bicyclic) bond motifs is 1. The minimum atomic E-state index is -0.167. The van der Waals surface area contributed by atoms with Crippen LogP contribution in [0.15, 0.2) is 60.7 Å². The largest absolute Gasteiger partial charge is 0.497 e. The Hall–Kier alpha value is -3.08. The molecule has 0 atom stereocenters. The molecule has 0 saturated heterocycles. The number of carbonyl (C=O) groups is 1. The number of hydrogen-bond donors (Lipinski definition) is 1. The molecule has 3 aromatic rings. The number of para-hydroxylation sites is 1. The molecule has 1 N–H and O–H groups in total. The van der Waals surface area contributed by atoms with Gasteiger partial charge in [0.25, 0.3) is 5.91 Å². The predicted molar refractivity (Wildman–Crippen MR) is 100 cm³/mol. The Morgan fingerprint density at radius 3 is 2.68 bits per heavy atom. The fourth-order valence-electron chi connectivity index (χ4n) is 2.60. The fraction of sp³-hybridized carbons (Fsp3) is 0.200. The van der Waals surface area contributed by atoms with Crippen LogP contribution in [-0.4, -0.2) is 38.1 Å². The molecule has 0 bridgehead atoms. The van der Waals surface area contributed by atoms with Crippen molar-refractivity contribution < 1.29 is 9.53 Å². The first-order valence-corrected chi connectivity index (χ1v) is 8.16. The summed E-state index contributed by atoms with van der Waals surface area (Å²) in [6.45, 7) is 1.27. The SMILES string of the molecule is COc1ccc2nc(C(=O)NCCN(C)c3ccccc3)ccc2c1. The Bertz CT molecular complexity index is 865. The van der Waals surface area contributed by atoms with Gasteiger partial charge in [-0.3, -0.25) is 4.79 Å². The van der Waals surface area contributed by atoms with Gasteiger partial charge in [-0.25, -0.2) is 4.98 Å². The second-order valence-corrected chi connectivity index (χ2v) is 5.77. The molecule has 0 aliphatic rings. The first kappa shape index (κ1) is 16.8. The number of rotatable bonds is 6. The lowest BCUT2D eigenvalue weighted by Crippen LogP contribution is -2.33. The molecule has 0 radical (unpaired) electrons. The van der Waals surface area contributed by atoms with Crippen molar-refractivity contribution in [1.82, 2.24) is 10.3 Å². The normalized spacial score (nSPS) is 10.5. The molecule has 128 valence electrons. The van der Waals surface area contributed by atoms with E-state index in [-0.39, 0.29) is 5.91 Å². The molecule has 1 amide bonds. The summed E-state index contributed by atoms with van der Waals surface area (Å²) in [7, 11) is 3.63. The minimum absolute atomic E-state index is 0.167. The van der Waals surface area contributed by atoms with Crippen molar-refractivity contribution in [3.8, 4) is 5.75 Å². The highest BCUT2D eigenvalue weighted by molar-refractivity contribution is 5.95. The van der Waals surface area contributed by atoms with Crippen LogP contribution in [0.1, 0.15) is 10.5 Å². The molecule has 5 heteroatoms. The molecule has 0 saturated carbocycles. The lowest BCUT2D eigenvalue weighted by atomic mass is 10.2. The molecular weight excluding hydrogens is 314 g/mol. The highest BCUT2D eigenvalue weighted by Crippen LogP contribution is 2.19. The molecule has 3 rings (SSSR count). The molecular formula is C20H21N3O2. The molecule has 1 aromatic heterocycles. The molecule has 0 unspecified atom stereocenters. The summed E-state index contributed by atoms with van der Waals surface area (Å²) in [5, 5.41) is 3.86. The first-order valence-electron chi connectivity index (χ1n) is 8.16. The number of pyridine rings is 1. The molecule has 5 nitrogen and oxygen atoms in total. The highest BCUT2D eigenvalue weighted by atomic mass is 16.5. The fourth-order valence-corrected chi connectivity index (χ4v) is 2.60. The van der Waals surface area contributed by atoms with E-state index in [2.05, 4.69) is 15.2 Å². The molecule has 0 aliphatic heterocycles. The number of carbonyl (C=O) groups excluding carboxylic acids is 1. The van der Waals surface area contributed by atoms with E-state index in [1.807, 2.05) is 61.6 Å². The number of benzene rings is 2. The molecule has 25 heavy (non-hydrogen) atoms. The number of methoxy groups -OCH3 is 1. The average Bonchev–Trinajstić information content (AvgIpc) is 2.67. The van der Waals surface area contributed by atoms with Crippen LogP contribution < -0.4 is 15.0 Å². The van der Waals surface area contributed by atoms with Crippen molar-refractivity contribution >= 4 is 22.5 Å². The number of anilines is 1. The van der Waals surface area contributed by atoms with Gasteiger partial charge in [0.15, 0.2) is 0 Å². The summed E-state index contributed by atoms with van der Waals surface area (Å²) in [6.07, 6.45) is 0. The standard InChI is InChI=1S/C20H21N3O2/c1-23(16-6-4-3-5-7-16)13-12-21-20(24)19-10-8-15-14-17(25-2)9-11-18(15)22-19/h3-11,14H,12-13H2,1-2H3,(H,21,24). The Morgan fingerprint density at radius 2 is 1.92 bits per heavy atom. The lowest BCUT2D eigenvalue weighted by Gasteiger charge is -2.19. The van der Waals surface area contributed by atoms with Crippen LogP contribution in [0, 0.1) is 0 Å². The second-order valence-electron chi connectivity index (χ2n) is 5.77. The van der Waals surface area contributed by atoms with Crippen LogP contribution in [0.2, 0.25) is 0 Å². The van der Waals surface area contributed by atoms with Gasteiger partial charge in [0.05, 0.1) is 12.6 Å². The lowest BCUT2D eigenvalue weighted by molar-refractivity contribution is 0.0950. The third-order valence-corrected chi connectivity index (χ3v) is 4.06. The van der Waals surface area contributed by atoms with E-state index in [4.69, 9.17) is 4.74 Å². The third-order valence-electron chi connectivity index (χ3n) is 4.06. The number of aromatic nitrogens is 1. The molecule has 2 aromatic carbocycles. The van der Waals surface area contributed by atoms with Crippen molar-refractivity contribution in [3.05, 3.63) is 66.4 Å². The quantitative estimate of drug-likeness (QED) is 0.752. The number of likely N-dealkylation sites (N-methyl/N-ethyl adjacent to an activating group) is 1. The first-order chi connectivity index (χ1) is 12.2. The number of amides is 1. The summed E-state index contributed by atoms with van der Waals surface area (Å²) >= 11 is 0. The topological polar surface area (TPSA) is 54.5 Å². The van der Waals surface area contributed by atoms with Crippen LogP contribution in [0.4, 0.5) is 5.69 Å². The molecule has 0 fully saturated rings. The average molecular weight is 335 g/mol. The zero-order valence-corrected chi connectivity index (χ0v) is 14.4. The zero-order valence-electron chi connectivity index (χ0n) is 14.4. The summed E-state index contributed by atoms with van der Waals surface area (Å²) in [4.78, 5) is 18.8. The van der Waals surface area contributed by atoms with E-state index in [1.165, 1.54) is 0 Å². The van der Waals surface area contributed by atoms with E-state index < -0.39 is 0 Å². The third kappa shape index (κ3) is 4.07. The summed E-state index contributed by atoms with van der Waals surface area (Å²) in [5.74, 6) is 0.606. The van der Waals surface area contributed by atoms with E-state index in [9.17, 15) is 4.79 Å². The van der Waals surface area contributed by atoms with E-state index in [1.54, 1.807) is 13.2 Å². The zero-order chi connectivity index (χ0) is 17.6. The van der Waals surface area contributed by atoms with Crippen LogP contribution in [-0.2, 0) is 0 Å². The number of ether oxygens (including phenoxy) is 1. The number of nitrogens with one attached hydrogen (secondary N) is 1. The Kier molecular flexibility index (Phi) is 5.14. The molecule has 0 spiro atoms. The van der Waals surface area contributed by atoms with Crippen molar-refractivity contribution in [2.24, 2.45) is 0 Å². The van der Waals surface area contributed by atoms with Gasteiger partial charge < -0.3 is 15.0 Å². The van der Waals surface area contributed by atoms with Gasteiger partial charge in [-0.15, -0.1) is 0 Å². The van der Waals surface area contributed by atoms with Crippen molar-refractivity contribution in [1.29, 1.82) is 0 Å². The Labute approximate surface area is 147 Å². The van der Waals surface area contributed by atoms with E-state index in [0.29, 0.717) is 12.2 Å². The van der Waals surface area contributed by atoms with Gasteiger partial charge in [-0.2, -0.15) is 0 Å². The number of nitrogens with zero attached hydrogens (tertiary/aromatic N) is 2. The highest BCUT2D eigenvalue weighted by Gasteiger charge is 2.09. The summed E-state index contributed by atoms with van der Waals surface area (Å²) in [5.41, 5.74) is 2.31.